The maximum absolute atomic E-state index is 12.9. The lowest BCUT2D eigenvalue weighted by Gasteiger charge is -2.11. The fraction of sp³-hybridized carbons (Fsp3) is 0.154. The van der Waals surface area contributed by atoms with E-state index in [1.165, 1.54) is 11.3 Å². The second kappa shape index (κ2) is 9.24. The molecule has 6 heteroatoms. The summed E-state index contributed by atoms with van der Waals surface area (Å²) in [6.07, 6.45) is 3.89. The lowest BCUT2D eigenvalue weighted by atomic mass is 9.97. The summed E-state index contributed by atoms with van der Waals surface area (Å²) in [5, 5.41) is 5.29. The Morgan fingerprint density at radius 2 is 1.72 bits per heavy atom. The van der Waals surface area contributed by atoms with Gasteiger partial charge in [-0.05, 0) is 68.3 Å². The average molecular weight is 445 g/mol. The molecule has 4 aromatic rings. The topological polar surface area (TPSA) is 60.3 Å². The molecule has 0 bridgehead atoms. The molecule has 0 aliphatic carbocycles. The number of aromatic nitrogens is 1. The lowest BCUT2D eigenvalue weighted by Crippen LogP contribution is -2.15. The highest BCUT2D eigenvalue weighted by Crippen LogP contribution is 2.38. The van der Waals surface area contributed by atoms with E-state index in [1.807, 2.05) is 72.6 Å². The minimum Gasteiger partial charge on any atom is -0.462 e. The van der Waals surface area contributed by atoms with Gasteiger partial charge < -0.3 is 14.6 Å². The maximum atomic E-state index is 12.9. The third-order valence-corrected chi connectivity index (χ3v) is 6.10. The Morgan fingerprint density at radius 3 is 2.38 bits per heavy atom. The Hall–Kier alpha value is -3.64. The summed E-state index contributed by atoms with van der Waals surface area (Å²) in [6.45, 7) is 6.07. The highest BCUT2D eigenvalue weighted by molar-refractivity contribution is 7.15. The molecule has 32 heavy (non-hydrogen) atoms. The number of aryl methyl sites for hydroxylation is 2. The van der Waals surface area contributed by atoms with Crippen LogP contribution < -0.4 is 5.32 Å². The van der Waals surface area contributed by atoms with E-state index in [0.29, 0.717) is 16.1 Å². The van der Waals surface area contributed by atoms with Gasteiger partial charge in [0.2, 0.25) is 0 Å². The number of carbonyl (C=O) groups excluding carboxylic acids is 2. The first-order chi connectivity index (χ1) is 15.5. The van der Waals surface area contributed by atoms with E-state index in [1.54, 1.807) is 19.1 Å². The van der Waals surface area contributed by atoms with Crippen LogP contribution in [0.2, 0.25) is 0 Å². The second-order valence-electron chi connectivity index (χ2n) is 7.48. The molecule has 0 unspecified atom stereocenters. The molecule has 1 N–H and O–H groups in total. The highest BCUT2D eigenvalue weighted by Gasteiger charge is 2.24. The molecule has 0 radical (unpaired) electrons. The smallest absolute Gasteiger partial charge is 0.341 e. The van der Waals surface area contributed by atoms with Crippen molar-refractivity contribution in [2.24, 2.45) is 0 Å². The first kappa shape index (κ1) is 21.6. The summed E-state index contributed by atoms with van der Waals surface area (Å²) >= 11 is 1.33. The molecule has 2 heterocycles. The molecule has 0 saturated heterocycles. The van der Waals surface area contributed by atoms with Gasteiger partial charge in [0.05, 0.1) is 6.61 Å². The first-order valence-electron chi connectivity index (χ1n) is 10.4. The van der Waals surface area contributed by atoms with Crippen LogP contribution in [0, 0.1) is 13.8 Å². The van der Waals surface area contributed by atoms with E-state index in [4.69, 9.17) is 4.74 Å². The highest BCUT2D eigenvalue weighted by atomic mass is 32.1. The van der Waals surface area contributed by atoms with Crippen LogP contribution in [0.25, 0.3) is 16.8 Å². The predicted octanol–water partition coefficient (Wildman–Crippen LogP) is 6.25. The van der Waals surface area contributed by atoms with Crippen LogP contribution in [-0.4, -0.2) is 23.1 Å². The number of hydrogen-bond donors (Lipinski definition) is 1. The van der Waals surface area contributed by atoms with Crippen LogP contribution in [-0.2, 0) is 4.74 Å². The van der Waals surface area contributed by atoms with Gasteiger partial charge in [0.25, 0.3) is 5.91 Å². The Balaban J connectivity index is 1.65. The van der Waals surface area contributed by atoms with Gasteiger partial charge >= 0.3 is 5.97 Å². The molecular formula is C26H24N2O3S. The molecule has 0 aliphatic rings. The number of amides is 1. The molecule has 162 valence electrons. The average Bonchev–Trinajstić information content (AvgIpc) is 3.44. The number of thiophene rings is 1. The molecule has 0 atom stereocenters. The van der Waals surface area contributed by atoms with E-state index in [-0.39, 0.29) is 12.5 Å². The van der Waals surface area contributed by atoms with Crippen LogP contribution in [0.4, 0.5) is 5.00 Å². The summed E-state index contributed by atoms with van der Waals surface area (Å²) in [5.41, 5.74) is 5.80. The van der Waals surface area contributed by atoms with E-state index in [2.05, 4.69) is 11.4 Å². The molecule has 0 saturated carbocycles. The van der Waals surface area contributed by atoms with E-state index in [9.17, 15) is 9.59 Å². The van der Waals surface area contributed by atoms with Crippen molar-refractivity contribution in [2.75, 3.05) is 11.9 Å². The van der Waals surface area contributed by atoms with Gasteiger partial charge in [0.1, 0.15) is 10.6 Å². The number of nitrogens with zero attached hydrogens (tertiary/aromatic N) is 1. The SMILES string of the molecule is CCOC(=O)c1c(-c2ccc(C)cc2C)csc1NC(=O)c1ccc(-n2cccc2)cc1. The molecule has 4 rings (SSSR count). The summed E-state index contributed by atoms with van der Waals surface area (Å²) < 4.78 is 7.28. The Morgan fingerprint density at radius 1 is 1.00 bits per heavy atom. The number of anilines is 1. The molecule has 2 aromatic carbocycles. The first-order valence-corrected chi connectivity index (χ1v) is 11.3. The zero-order valence-corrected chi connectivity index (χ0v) is 19.0. The van der Waals surface area contributed by atoms with Gasteiger partial charge in [0.15, 0.2) is 0 Å². The minimum atomic E-state index is -0.443. The van der Waals surface area contributed by atoms with Gasteiger partial charge in [0, 0.05) is 34.6 Å². The number of esters is 1. The second-order valence-corrected chi connectivity index (χ2v) is 8.36. The number of benzene rings is 2. The summed E-state index contributed by atoms with van der Waals surface area (Å²) in [7, 11) is 0. The van der Waals surface area contributed by atoms with Gasteiger partial charge in [-0.3, -0.25) is 4.79 Å². The molecule has 0 fully saturated rings. The molecule has 5 nitrogen and oxygen atoms in total. The number of ether oxygens (including phenoxy) is 1. The maximum Gasteiger partial charge on any atom is 0.341 e. The van der Waals surface area contributed by atoms with Crippen molar-refractivity contribution in [2.45, 2.75) is 20.8 Å². The number of rotatable bonds is 6. The molecule has 1 amide bonds. The largest absolute Gasteiger partial charge is 0.462 e. The zero-order valence-electron chi connectivity index (χ0n) is 18.2. The Bertz CT molecular complexity index is 1250. The van der Waals surface area contributed by atoms with Crippen LogP contribution in [0.3, 0.4) is 0 Å². The number of carbonyl (C=O) groups is 2. The van der Waals surface area contributed by atoms with Crippen molar-refractivity contribution >= 4 is 28.2 Å². The monoisotopic (exact) mass is 444 g/mol. The quantitative estimate of drug-likeness (QED) is 0.358. The third kappa shape index (κ3) is 4.36. The van der Waals surface area contributed by atoms with Gasteiger partial charge in [-0.25, -0.2) is 4.79 Å². The predicted molar refractivity (Wildman–Crippen MR) is 129 cm³/mol. The summed E-state index contributed by atoms with van der Waals surface area (Å²) in [5.74, 6) is -0.717. The van der Waals surface area contributed by atoms with Gasteiger partial charge in [-0.1, -0.05) is 23.8 Å². The van der Waals surface area contributed by atoms with Crippen molar-refractivity contribution in [3.05, 3.63) is 94.6 Å². The number of hydrogen-bond acceptors (Lipinski definition) is 4. The summed E-state index contributed by atoms with van der Waals surface area (Å²) in [6, 6.07) is 17.3. The molecule has 0 aliphatic heterocycles. The van der Waals surface area contributed by atoms with E-state index < -0.39 is 5.97 Å². The fourth-order valence-electron chi connectivity index (χ4n) is 3.64. The normalized spacial score (nSPS) is 10.7. The zero-order chi connectivity index (χ0) is 22.7. The molecule has 2 aromatic heterocycles. The van der Waals surface area contributed by atoms with Crippen molar-refractivity contribution < 1.29 is 14.3 Å². The van der Waals surface area contributed by atoms with E-state index in [0.717, 1.165) is 27.9 Å². The van der Waals surface area contributed by atoms with Gasteiger partial charge in [-0.2, -0.15) is 0 Å². The van der Waals surface area contributed by atoms with Crippen LogP contribution in [0.1, 0.15) is 38.8 Å². The van der Waals surface area contributed by atoms with Crippen LogP contribution >= 0.6 is 11.3 Å². The summed E-state index contributed by atoms with van der Waals surface area (Å²) in [4.78, 5) is 25.8. The number of nitrogens with one attached hydrogen (secondary N) is 1. The van der Waals surface area contributed by atoms with Gasteiger partial charge in [-0.15, -0.1) is 11.3 Å². The molecule has 0 spiro atoms. The fourth-order valence-corrected chi connectivity index (χ4v) is 4.58. The van der Waals surface area contributed by atoms with Crippen molar-refractivity contribution in [1.29, 1.82) is 0 Å². The third-order valence-electron chi connectivity index (χ3n) is 5.20. The van der Waals surface area contributed by atoms with Crippen molar-refractivity contribution in [3.63, 3.8) is 0 Å². The molecular weight excluding hydrogens is 420 g/mol. The van der Waals surface area contributed by atoms with Crippen LogP contribution in [0.15, 0.2) is 72.4 Å². The van der Waals surface area contributed by atoms with Crippen molar-refractivity contribution in [1.82, 2.24) is 4.57 Å². The minimum absolute atomic E-state index is 0.259. The van der Waals surface area contributed by atoms with Crippen LogP contribution in [0.5, 0.6) is 0 Å². The Kier molecular flexibility index (Phi) is 6.23. The lowest BCUT2D eigenvalue weighted by molar-refractivity contribution is 0.0529. The Labute approximate surface area is 191 Å². The van der Waals surface area contributed by atoms with E-state index >= 15 is 0 Å². The standard InChI is InChI=1S/C26H24N2O3S/c1-4-31-26(30)23-22(21-12-7-17(2)15-18(21)3)16-32-25(23)27-24(29)19-8-10-20(11-9-19)28-13-5-6-14-28/h5-16H,4H2,1-3H3,(H,27,29). The van der Waals surface area contributed by atoms with Crippen molar-refractivity contribution in [3.8, 4) is 16.8 Å².